The van der Waals surface area contributed by atoms with E-state index in [-0.39, 0.29) is 35.6 Å². The molecule has 4 nitrogen and oxygen atoms in total. The van der Waals surface area contributed by atoms with Crippen LogP contribution in [0.25, 0.3) is 0 Å². The van der Waals surface area contributed by atoms with Gasteiger partial charge < -0.3 is 9.47 Å². The van der Waals surface area contributed by atoms with Gasteiger partial charge in [0.2, 0.25) is 0 Å². The van der Waals surface area contributed by atoms with Gasteiger partial charge in [-0.3, -0.25) is 9.59 Å². The molecule has 0 aromatic heterocycles. The molecule has 3 unspecified atom stereocenters. The Morgan fingerprint density at radius 3 is 1.82 bits per heavy atom. The molecule has 1 saturated heterocycles. The maximum atomic E-state index is 13.5. The van der Waals surface area contributed by atoms with Crippen molar-refractivity contribution in [1.29, 1.82) is 0 Å². The third-order valence-electron chi connectivity index (χ3n) is 6.89. The van der Waals surface area contributed by atoms with Gasteiger partial charge in [-0.05, 0) is 56.7 Å². The van der Waals surface area contributed by atoms with E-state index in [1.807, 2.05) is 0 Å². The highest BCUT2D eigenvalue weighted by Gasteiger charge is 2.61. The topological polar surface area (TPSA) is 52.6 Å². The van der Waals surface area contributed by atoms with Crippen molar-refractivity contribution in [2.24, 2.45) is 11.8 Å². The highest BCUT2D eigenvalue weighted by Crippen LogP contribution is 2.54. The molecule has 1 aliphatic heterocycles. The second-order valence-corrected chi connectivity index (χ2v) is 9.07. The number of hydrogen-bond donors (Lipinski definition) is 0. The van der Waals surface area contributed by atoms with Crippen LogP contribution < -0.4 is 0 Å². The first kappa shape index (κ1) is 19.8. The summed E-state index contributed by atoms with van der Waals surface area (Å²) in [5.41, 5.74) is 4.47. The smallest absolute Gasteiger partial charge is 0.170 e. The molecule has 4 heteroatoms. The van der Waals surface area contributed by atoms with Gasteiger partial charge >= 0.3 is 0 Å². The van der Waals surface area contributed by atoms with Crippen LogP contribution in [0.2, 0.25) is 0 Å². The van der Waals surface area contributed by atoms with Gasteiger partial charge in [0, 0.05) is 24.7 Å². The Hall–Kier alpha value is -1.52. The Morgan fingerprint density at radius 1 is 0.929 bits per heavy atom. The average Bonchev–Trinajstić information content (AvgIpc) is 3.08. The van der Waals surface area contributed by atoms with E-state index in [9.17, 15) is 9.59 Å². The molecule has 152 valence electrons. The number of carbonyl (C=O) groups excluding carboxylic acids is 2. The van der Waals surface area contributed by atoms with Gasteiger partial charge in [-0.25, -0.2) is 0 Å². The minimum Gasteiger partial charge on any atom is -0.347 e. The maximum Gasteiger partial charge on any atom is 0.170 e. The summed E-state index contributed by atoms with van der Waals surface area (Å²) >= 11 is 0. The summed E-state index contributed by atoms with van der Waals surface area (Å²) in [6, 6.07) is 4.28. The van der Waals surface area contributed by atoms with Crippen molar-refractivity contribution in [1.82, 2.24) is 0 Å². The van der Waals surface area contributed by atoms with Crippen LogP contribution in [-0.2, 0) is 31.9 Å². The fourth-order valence-electron chi connectivity index (χ4n) is 5.91. The summed E-state index contributed by atoms with van der Waals surface area (Å²) < 4.78 is 12.3. The van der Waals surface area contributed by atoms with Crippen LogP contribution in [0.4, 0.5) is 0 Å². The molecule has 4 rings (SSSR count). The number of rotatable bonds is 3. The Balaban J connectivity index is 1.68. The summed E-state index contributed by atoms with van der Waals surface area (Å²) in [5, 5.41) is 0. The van der Waals surface area contributed by atoms with E-state index in [0.717, 1.165) is 36.0 Å². The van der Waals surface area contributed by atoms with Crippen molar-refractivity contribution < 1.29 is 19.1 Å². The highest BCUT2D eigenvalue weighted by atomic mass is 16.7. The summed E-state index contributed by atoms with van der Waals surface area (Å²) in [4.78, 5) is 27.0. The van der Waals surface area contributed by atoms with Crippen molar-refractivity contribution in [3.05, 3.63) is 34.4 Å². The third-order valence-corrected chi connectivity index (χ3v) is 6.89. The SMILES string of the molecule is CCc1cc(C)cc(CC)c1C1C(=O)[C@H]2CC3(C[C@H]2C1=O)OC(C)CC(C)O3. The van der Waals surface area contributed by atoms with Crippen molar-refractivity contribution in [3.8, 4) is 0 Å². The lowest BCUT2D eigenvalue weighted by Gasteiger charge is -2.41. The molecule has 1 heterocycles. The number of ketones is 2. The van der Waals surface area contributed by atoms with E-state index >= 15 is 0 Å². The zero-order chi connectivity index (χ0) is 20.2. The molecule has 0 amide bonds. The number of carbonyl (C=O) groups is 2. The molecule has 0 radical (unpaired) electrons. The van der Waals surface area contributed by atoms with E-state index in [2.05, 4.69) is 46.8 Å². The molecule has 3 aliphatic rings. The van der Waals surface area contributed by atoms with Gasteiger partial charge in [0.25, 0.3) is 0 Å². The maximum absolute atomic E-state index is 13.5. The molecule has 0 bridgehead atoms. The predicted molar refractivity (Wildman–Crippen MR) is 107 cm³/mol. The first-order chi connectivity index (χ1) is 13.3. The lowest BCUT2D eigenvalue weighted by Crippen LogP contribution is -2.46. The number of Topliss-reactive ketones (excluding diaryl/α,β-unsaturated/α-hetero) is 2. The quantitative estimate of drug-likeness (QED) is 0.730. The van der Waals surface area contributed by atoms with E-state index in [4.69, 9.17) is 9.47 Å². The fourth-order valence-corrected chi connectivity index (χ4v) is 5.91. The van der Waals surface area contributed by atoms with Crippen molar-refractivity contribution in [2.45, 2.75) is 90.6 Å². The average molecular weight is 385 g/mol. The number of fused-ring (bicyclic) bond motifs is 1. The fraction of sp³-hybridized carbons (Fsp3) is 0.667. The van der Waals surface area contributed by atoms with E-state index in [0.29, 0.717) is 12.8 Å². The molecule has 0 N–H and O–H groups in total. The summed E-state index contributed by atoms with van der Waals surface area (Å²) in [6.45, 7) is 10.4. The Kier molecular flexibility index (Phi) is 4.99. The Bertz CT molecular complexity index is 750. The lowest BCUT2D eigenvalue weighted by atomic mass is 9.83. The largest absolute Gasteiger partial charge is 0.347 e. The van der Waals surface area contributed by atoms with Crippen molar-refractivity contribution in [3.63, 3.8) is 0 Å². The van der Waals surface area contributed by atoms with Gasteiger partial charge in [-0.2, -0.15) is 0 Å². The Morgan fingerprint density at radius 2 is 1.39 bits per heavy atom. The molecule has 2 saturated carbocycles. The molecule has 1 aromatic carbocycles. The second-order valence-electron chi connectivity index (χ2n) is 9.07. The van der Waals surface area contributed by atoms with Crippen LogP contribution >= 0.6 is 0 Å². The standard InChI is InChI=1S/C24H32O4/c1-6-16-8-13(3)9-17(7-2)20(16)21-22(25)18-11-24(12-19(18)23(21)26)27-14(4)10-15(5)28-24/h8-9,14-15,18-19,21H,6-7,10-12H2,1-5H3/t14?,15?,18-,19+,21?,24?. The van der Waals surface area contributed by atoms with Crippen LogP contribution in [0.5, 0.6) is 0 Å². The van der Waals surface area contributed by atoms with Gasteiger partial charge in [0.1, 0.15) is 5.92 Å². The summed E-state index contributed by atoms with van der Waals surface area (Å²) in [7, 11) is 0. The van der Waals surface area contributed by atoms with Crippen LogP contribution in [0.1, 0.15) is 75.1 Å². The molecule has 1 spiro atoms. The number of benzene rings is 1. The Labute approximate surface area is 168 Å². The van der Waals surface area contributed by atoms with Crippen LogP contribution in [0.3, 0.4) is 0 Å². The molecule has 3 fully saturated rings. The lowest BCUT2D eigenvalue weighted by molar-refractivity contribution is -0.309. The van der Waals surface area contributed by atoms with E-state index < -0.39 is 11.7 Å². The van der Waals surface area contributed by atoms with E-state index in [1.54, 1.807) is 0 Å². The minimum absolute atomic E-state index is 0.0817. The van der Waals surface area contributed by atoms with Crippen LogP contribution in [-0.4, -0.2) is 29.6 Å². The molecule has 5 atom stereocenters. The first-order valence-corrected chi connectivity index (χ1v) is 10.8. The minimum atomic E-state index is -0.753. The normalized spacial score (nSPS) is 37.7. The molecular formula is C24H32O4. The molecule has 28 heavy (non-hydrogen) atoms. The number of ether oxygens (including phenoxy) is 2. The van der Waals surface area contributed by atoms with Crippen molar-refractivity contribution in [2.75, 3.05) is 0 Å². The molecule has 1 aromatic rings. The highest BCUT2D eigenvalue weighted by molar-refractivity contribution is 6.16. The van der Waals surface area contributed by atoms with Gasteiger partial charge in [0.05, 0.1) is 12.2 Å². The number of aryl methyl sites for hydroxylation is 3. The first-order valence-electron chi connectivity index (χ1n) is 10.8. The number of hydrogen-bond acceptors (Lipinski definition) is 4. The second kappa shape index (κ2) is 7.07. The summed E-state index contributed by atoms with van der Waals surface area (Å²) in [5.74, 6) is -1.74. The van der Waals surface area contributed by atoms with Gasteiger partial charge in [-0.1, -0.05) is 31.5 Å². The van der Waals surface area contributed by atoms with Crippen LogP contribution in [0.15, 0.2) is 12.1 Å². The van der Waals surface area contributed by atoms with E-state index in [1.165, 1.54) is 5.56 Å². The molecule has 2 aliphatic carbocycles. The van der Waals surface area contributed by atoms with Crippen LogP contribution in [0, 0.1) is 18.8 Å². The summed E-state index contributed by atoms with van der Waals surface area (Å²) in [6.07, 6.45) is 3.75. The monoisotopic (exact) mass is 384 g/mol. The van der Waals surface area contributed by atoms with Gasteiger partial charge in [0.15, 0.2) is 17.4 Å². The van der Waals surface area contributed by atoms with Crippen molar-refractivity contribution >= 4 is 11.6 Å². The molecular weight excluding hydrogens is 352 g/mol. The zero-order valence-electron chi connectivity index (χ0n) is 17.7. The van der Waals surface area contributed by atoms with Gasteiger partial charge in [-0.15, -0.1) is 0 Å². The zero-order valence-corrected chi connectivity index (χ0v) is 17.7. The third kappa shape index (κ3) is 3.05. The predicted octanol–water partition coefficient (Wildman–Crippen LogP) is 4.29.